The highest BCUT2D eigenvalue weighted by atomic mass is 32.1. The van der Waals surface area contributed by atoms with Crippen LogP contribution < -0.4 is 4.74 Å². The van der Waals surface area contributed by atoms with Gasteiger partial charge in [0.2, 0.25) is 5.13 Å². The third-order valence-electron chi connectivity index (χ3n) is 3.64. The molecule has 0 saturated heterocycles. The predicted molar refractivity (Wildman–Crippen MR) is 90.3 cm³/mol. The number of rotatable bonds is 5. The minimum absolute atomic E-state index is 0.0470. The van der Waals surface area contributed by atoms with Crippen molar-refractivity contribution in [2.75, 3.05) is 6.61 Å². The zero-order chi connectivity index (χ0) is 16.2. The molecule has 0 saturated carbocycles. The molecule has 0 aliphatic heterocycles. The highest BCUT2D eigenvalue weighted by Gasteiger charge is 2.16. The number of aromatic nitrogens is 1. The van der Waals surface area contributed by atoms with Gasteiger partial charge in [-0.2, -0.15) is 0 Å². The molecule has 3 rings (SSSR count). The topological polar surface area (TPSA) is 77.6 Å². The number of nitro benzene ring substituents is 1. The molecule has 0 fully saturated rings. The van der Waals surface area contributed by atoms with Crippen LogP contribution >= 0.6 is 11.3 Å². The summed E-state index contributed by atoms with van der Waals surface area (Å²) in [7, 11) is 0. The highest BCUT2D eigenvalue weighted by Crippen LogP contribution is 2.31. The molecule has 0 spiro atoms. The molecule has 0 atom stereocenters. The van der Waals surface area contributed by atoms with Gasteiger partial charge in [0.15, 0.2) is 5.75 Å². The lowest BCUT2D eigenvalue weighted by Gasteiger charge is -2.06. The first kappa shape index (κ1) is 15.6. The predicted octanol–water partition coefficient (Wildman–Crippen LogP) is 4.08. The van der Waals surface area contributed by atoms with Gasteiger partial charge in [-0.25, -0.2) is 9.98 Å². The van der Waals surface area contributed by atoms with E-state index >= 15 is 0 Å². The van der Waals surface area contributed by atoms with E-state index in [1.807, 2.05) is 0 Å². The number of benzene rings is 1. The van der Waals surface area contributed by atoms with Gasteiger partial charge in [0, 0.05) is 17.2 Å². The van der Waals surface area contributed by atoms with Crippen molar-refractivity contribution in [3.05, 3.63) is 44.4 Å². The summed E-state index contributed by atoms with van der Waals surface area (Å²) in [6, 6.07) is 4.84. The Bertz CT molecular complexity index is 732. The van der Waals surface area contributed by atoms with Crippen molar-refractivity contribution in [2.45, 2.75) is 32.6 Å². The van der Waals surface area contributed by atoms with E-state index in [1.165, 1.54) is 23.8 Å². The molecular formula is C16H17N3O3S. The lowest BCUT2D eigenvalue weighted by Crippen LogP contribution is -1.98. The van der Waals surface area contributed by atoms with Gasteiger partial charge < -0.3 is 4.74 Å². The van der Waals surface area contributed by atoms with Crippen LogP contribution in [0.25, 0.3) is 0 Å². The van der Waals surface area contributed by atoms with Gasteiger partial charge in [-0.05, 0) is 50.3 Å². The second-order valence-electron chi connectivity index (χ2n) is 5.25. The number of hydrogen-bond acceptors (Lipinski definition) is 6. The molecule has 1 aromatic heterocycles. The number of nitrogens with zero attached hydrogens (tertiary/aromatic N) is 3. The van der Waals surface area contributed by atoms with Crippen molar-refractivity contribution in [2.24, 2.45) is 4.99 Å². The molecule has 0 N–H and O–H groups in total. The summed E-state index contributed by atoms with van der Waals surface area (Å²) in [6.07, 6.45) is 6.12. The second kappa shape index (κ2) is 6.87. The van der Waals surface area contributed by atoms with Crippen LogP contribution in [0.4, 0.5) is 10.8 Å². The Morgan fingerprint density at radius 1 is 1.43 bits per heavy atom. The minimum atomic E-state index is -0.440. The molecule has 120 valence electrons. The Labute approximate surface area is 138 Å². The van der Waals surface area contributed by atoms with Crippen LogP contribution in [0.15, 0.2) is 23.2 Å². The summed E-state index contributed by atoms with van der Waals surface area (Å²) in [4.78, 5) is 20.9. The van der Waals surface area contributed by atoms with E-state index in [2.05, 4.69) is 9.98 Å². The molecule has 1 aliphatic rings. The minimum Gasteiger partial charge on any atom is -0.487 e. The number of ether oxygens (including phenoxy) is 1. The smallest absolute Gasteiger partial charge is 0.311 e. The lowest BCUT2D eigenvalue weighted by molar-refractivity contribution is -0.385. The van der Waals surface area contributed by atoms with Gasteiger partial charge in [-0.3, -0.25) is 10.1 Å². The maximum atomic E-state index is 11.1. The summed E-state index contributed by atoms with van der Waals surface area (Å²) in [6.45, 7) is 2.18. The van der Waals surface area contributed by atoms with Crippen LogP contribution in [0.1, 0.15) is 35.9 Å². The van der Waals surface area contributed by atoms with E-state index in [-0.39, 0.29) is 11.4 Å². The fourth-order valence-corrected chi connectivity index (χ4v) is 3.55. The molecule has 6 nitrogen and oxygen atoms in total. The lowest BCUT2D eigenvalue weighted by atomic mass is 10.0. The van der Waals surface area contributed by atoms with Gasteiger partial charge in [-0.15, -0.1) is 0 Å². The van der Waals surface area contributed by atoms with Crippen molar-refractivity contribution < 1.29 is 9.66 Å². The van der Waals surface area contributed by atoms with Gasteiger partial charge in [-0.1, -0.05) is 11.3 Å². The maximum Gasteiger partial charge on any atom is 0.311 e. The monoisotopic (exact) mass is 331 g/mol. The highest BCUT2D eigenvalue weighted by molar-refractivity contribution is 7.15. The van der Waals surface area contributed by atoms with E-state index < -0.39 is 4.92 Å². The SMILES string of the molecule is CCOc1ccc(C=Nc2nc3c(s2)CCCC3)cc1[N+](=O)[O-]. The fourth-order valence-electron chi connectivity index (χ4n) is 2.56. The van der Waals surface area contributed by atoms with Gasteiger partial charge in [0.1, 0.15) is 0 Å². The first-order valence-corrected chi connectivity index (χ1v) is 8.43. The number of fused-ring (bicyclic) bond motifs is 1. The van der Waals surface area contributed by atoms with Crippen molar-refractivity contribution in [1.82, 2.24) is 4.98 Å². The van der Waals surface area contributed by atoms with E-state index in [9.17, 15) is 10.1 Å². The zero-order valence-corrected chi connectivity index (χ0v) is 13.6. The summed E-state index contributed by atoms with van der Waals surface area (Å²) in [5.41, 5.74) is 1.77. The first-order chi connectivity index (χ1) is 11.2. The number of thiazole rings is 1. The van der Waals surface area contributed by atoms with Gasteiger partial charge >= 0.3 is 5.69 Å². The average Bonchev–Trinajstić information content (AvgIpc) is 2.97. The molecule has 23 heavy (non-hydrogen) atoms. The largest absolute Gasteiger partial charge is 0.487 e. The van der Waals surface area contributed by atoms with Gasteiger partial charge in [0.05, 0.1) is 17.2 Å². The Morgan fingerprint density at radius 3 is 3.00 bits per heavy atom. The molecule has 0 bridgehead atoms. The molecule has 1 aliphatic carbocycles. The van der Waals surface area contributed by atoms with Crippen LogP contribution in [0.2, 0.25) is 0 Å². The van der Waals surface area contributed by atoms with E-state index in [0.29, 0.717) is 17.3 Å². The maximum absolute atomic E-state index is 11.1. The van der Waals surface area contributed by atoms with Crippen LogP contribution in [0, 0.1) is 10.1 Å². The molecule has 0 amide bonds. The Hall–Kier alpha value is -2.28. The number of aliphatic imine (C=N–C) groups is 1. The van der Waals surface area contributed by atoms with Crippen molar-refractivity contribution >= 4 is 28.4 Å². The number of hydrogen-bond donors (Lipinski definition) is 0. The molecule has 0 unspecified atom stereocenters. The number of nitro groups is 1. The fraction of sp³-hybridized carbons (Fsp3) is 0.375. The van der Waals surface area contributed by atoms with E-state index in [4.69, 9.17) is 4.74 Å². The standard InChI is InChI=1S/C16H17N3O3S/c1-2-22-14-8-7-11(9-13(14)19(20)21)10-17-16-18-12-5-3-4-6-15(12)23-16/h7-10H,2-6H2,1H3. The Balaban J connectivity index is 1.83. The number of aryl methyl sites for hydroxylation is 2. The summed E-state index contributed by atoms with van der Waals surface area (Å²) >= 11 is 1.61. The summed E-state index contributed by atoms with van der Waals surface area (Å²) in [5, 5.41) is 11.8. The zero-order valence-electron chi connectivity index (χ0n) is 12.8. The average molecular weight is 331 g/mol. The van der Waals surface area contributed by atoms with Crippen LogP contribution in [0.5, 0.6) is 5.75 Å². The molecule has 1 aromatic carbocycles. The van der Waals surface area contributed by atoms with Crippen molar-refractivity contribution in [3.8, 4) is 5.75 Å². The van der Waals surface area contributed by atoms with Crippen LogP contribution in [0.3, 0.4) is 0 Å². The van der Waals surface area contributed by atoms with Crippen LogP contribution in [-0.4, -0.2) is 22.7 Å². The third kappa shape index (κ3) is 3.56. The summed E-state index contributed by atoms with van der Waals surface area (Å²) in [5.74, 6) is 0.277. The Morgan fingerprint density at radius 2 is 2.26 bits per heavy atom. The van der Waals surface area contributed by atoms with Crippen molar-refractivity contribution in [1.29, 1.82) is 0 Å². The van der Waals surface area contributed by atoms with Gasteiger partial charge in [0.25, 0.3) is 0 Å². The molecule has 7 heteroatoms. The summed E-state index contributed by atoms with van der Waals surface area (Å²) < 4.78 is 5.27. The van der Waals surface area contributed by atoms with Crippen molar-refractivity contribution in [3.63, 3.8) is 0 Å². The quantitative estimate of drug-likeness (QED) is 0.470. The molecule has 2 aromatic rings. The van der Waals surface area contributed by atoms with E-state index in [0.717, 1.165) is 18.5 Å². The van der Waals surface area contributed by atoms with E-state index in [1.54, 1.807) is 36.6 Å². The third-order valence-corrected chi connectivity index (χ3v) is 4.70. The molecule has 1 heterocycles. The second-order valence-corrected chi connectivity index (χ2v) is 6.31. The molecule has 0 radical (unpaired) electrons. The van der Waals surface area contributed by atoms with Crippen LogP contribution in [-0.2, 0) is 12.8 Å². The first-order valence-electron chi connectivity index (χ1n) is 7.61. The normalized spacial score (nSPS) is 14.0. The molecular weight excluding hydrogens is 314 g/mol. The Kier molecular flexibility index (Phi) is 4.66.